The third-order valence-electron chi connectivity index (χ3n) is 2.92. The molecule has 1 amide bonds. The Morgan fingerprint density at radius 3 is 2.81 bits per heavy atom. The van der Waals surface area contributed by atoms with Crippen LogP contribution in [0.1, 0.15) is 27.2 Å². The smallest absolute Gasteiger partial charge is 0.258 e. The van der Waals surface area contributed by atoms with Crippen LogP contribution in [0.25, 0.3) is 0 Å². The van der Waals surface area contributed by atoms with Crippen molar-refractivity contribution in [3.63, 3.8) is 0 Å². The van der Waals surface area contributed by atoms with Gasteiger partial charge >= 0.3 is 0 Å². The van der Waals surface area contributed by atoms with Crippen LogP contribution in [0.5, 0.6) is 0 Å². The van der Waals surface area contributed by atoms with Gasteiger partial charge in [0.2, 0.25) is 5.88 Å². The molecule has 2 rings (SSSR count). The Bertz CT molecular complexity index is 741. The van der Waals surface area contributed by atoms with E-state index in [9.17, 15) is 9.18 Å². The molecular formula is C15H13FN2O3. The first-order valence-electron chi connectivity index (χ1n) is 6.16. The van der Waals surface area contributed by atoms with Crippen LogP contribution in [0.3, 0.4) is 0 Å². The van der Waals surface area contributed by atoms with Gasteiger partial charge in [0.25, 0.3) is 5.91 Å². The Morgan fingerprint density at radius 2 is 2.24 bits per heavy atom. The van der Waals surface area contributed by atoms with Gasteiger partial charge in [0.15, 0.2) is 0 Å². The van der Waals surface area contributed by atoms with E-state index in [0.29, 0.717) is 11.3 Å². The predicted molar refractivity (Wildman–Crippen MR) is 74.3 cm³/mol. The normalized spacial score (nSPS) is 9.90. The second kappa shape index (κ2) is 6.20. The van der Waals surface area contributed by atoms with Crippen molar-refractivity contribution in [3.8, 4) is 11.8 Å². The van der Waals surface area contributed by atoms with Crippen molar-refractivity contribution in [2.24, 2.45) is 0 Å². The third-order valence-corrected chi connectivity index (χ3v) is 2.92. The molecule has 0 aliphatic carbocycles. The topological polar surface area (TPSA) is 75.4 Å². The van der Waals surface area contributed by atoms with Gasteiger partial charge in [0.1, 0.15) is 12.4 Å². The highest BCUT2D eigenvalue weighted by Gasteiger charge is 2.14. The number of aromatic nitrogens is 1. The highest BCUT2D eigenvalue weighted by molar-refractivity contribution is 6.03. The fourth-order valence-corrected chi connectivity index (χ4v) is 1.60. The number of amides is 1. The number of benzene rings is 1. The summed E-state index contributed by atoms with van der Waals surface area (Å²) in [6.45, 7) is 3.16. The number of nitrogens with one attached hydrogen (secondary N) is 1. The lowest BCUT2D eigenvalue weighted by Gasteiger charge is -2.03. The van der Waals surface area contributed by atoms with Gasteiger partial charge < -0.3 is 9.63 Å². The fraction of sp³-hybridized carbons (Fsp3) is 0.200. The van der Waals surface area contributed by atoms with Crippen LogP contribution in [0, 0.1) is 31.5 Å². The predicted octanol–water partition coefficient (Wildman–Crippen LogP) is 2.03. The van der Waals surface area contributed by atoms with Gasteiger partial charge in [-0.2, -0.15) is 0 Å². The first kappa shape index (κ1) is 14.8. The summed E-state index contributed by atoms with van der Waals surface area (Å²) in [6.07, 6.45) is 0. The van der Waals surface area contributed by atoms with E-state index < -0.39 is 11.7 Å². The lowest BCUT2D eigenvalue weighted by molar-refractivity contribution is 0.102. The molecule has 21 heavy (non-hydrogen) atoms. The van der Waals surface area contributed by atoms with Crippen LogP contribution in [-0.2, 0) is 0 Å². The average Bonchev–Trinajstić information content (AvgIpc) is 2.78. The summed E-state index contributed by atoms with van der Waals surface area (Å²) in [7, 11) is 0. The van der Waals surface area contributed by atoms with Gasteiger partial charge in [-0.3, -0.25) is 10.1 Å². The molecule has 1 aromatic heterocycles. The Morgan fingerprint density at radius 1 is 1.48 bits per heavy atom. The molecule has 5 nitrogen and oxygen atoms in total. The lowest BCUT2D eigenvalue weighted by atomic mass is 10.1. The molecule has 0 saturated heterocycles. The largest absolute Gasteiger partial charge is 0.384 e. The summed E-state index contributed by atoms with van der Waals surface area (Å²) >= 11 is 0. The van der Waals surface area contributed by atoms with Gasteiger partial charge in [0, 0.05) is 11.1 Å². The summed E-state index contributed by atoms with van der Waals surface area (Å²) in [5.74, 6) is 3.90. The number of aliphatic hydroxyl groups excluding tert-OH is 1. The number of hydrogen-bond donors (Lipinski definition) is 2. The molecule has 2 N–H and O–H groups in total. The molecular weight excluding hydrogens is 275 g/mol. The van der Waals surface area contributed by atoms with Gasteiger partial charge in [-0.05, 0) is 32.0 Å². The van der Waals surface area contributed by atoms with E-state index >= 15 is 0 Å². The second-order valence-electron chi connectivity index (χ2n) is 4.33. The van der Waals surface area contributed by atoms with Crippen LogP contribution < -0.4 is 5.32 Å². The van der Waals surface area contributed by atoms with E-state index in [1.54, 1.807) is 13.8 Å². The first-order valence-corrected chi connectivity index (χ1v) is 6.16. The maximum Gasteiger partial charge on any atom is 0.258 e. The van der Waals surface area contributed by atoms with Gasteiger partial charge in [-0.15, -0.1) is 0 Å². The molecule has 108 valence electrons. The molecule has 0 fully saturated rings. The SMILES string of the molecule is Cc1noc(NC(=O)c2ccc(C#CCO)c(F)c2)c1C. The molecule has 0 unspecified atom stereocenters. The monoisotopic (exact) mass is 288 g/mol. The number of aryl methyl sites for hydroxylation is 1. The number of carbonyl (C=O) groups is 1. The van der Waals surface area contributed by atoms with Crippen molar-refractivity contribution >= 4 is 11.8 Å². The number of halogens is 1. The second-order valence-corrected chi connectivity index (χ2v) is 4.33. The van der Waals surface area contributed by atoms with Gasteiger partial charge in [-0.25, -0.2) is 4.39 Å². The Kier molecular flexibility index (Phi) is 4.36. The number of rotatable bonds is 2. The zero-order valence-electron chi connectivity index (χ0n) is 11.5. The molecule has 0 bridgehead atoms. The molecule has 1 heterocycles. The lowest BCUT2D eigenvalue weighted by Crippen LogP contribution is -2.12. The van der Waals surface area contributed by atoms with Crippen molar-refractivity contribution in [3.05, 3.63) is 46.4 Å². The standard InChI is InChI=1S/C15H13FN2O3/c1-9-10(2)18-21-15(9)17-14(20)12-6-5-11(4-3-7-19)13(16)8-12/h5-6,8,19H,7H2,1-2H3,(H,17,20). The van der Waals surface area contributed by atoms with Crippen molar-refractivity contribution < 1.29 is 18.8 Å². The highest BCUT2D eigenvalue weighted by atomic mass is 19.1. The van der Waals surface area contributed by atoms with Crippen LogP contribution in [0.15, 0.2) is 22.7 Å². The Balaban J connectivity index is 2.20. The quantitative estimate of drug-likeness (QED) is 0.829. The maximum atomic E-state index is 13.8. The highest BCUT2D eigenvalue weighted by Crippen LogP contribution is 2.19. The van der Waals surface area contributed by atoms with Crippen molar-refractivity contribution in [2.45, 2.75) is 13.8 Å². The van der Waals surface area contributed by atoms with E-state index in [4.69, 9.17) is 9.63 Å². The molecule has 2 aromatic rings. The number of aliphatic hydroxyl groups is 1. The van der Waals surface area contributed by atoms with E-state index in [2.05, 4.69) is 22.3 Å². The Labute approximate surface area is 120 Å². The number of nitrogens with zero attached hydrogens (tertiary/aromatic N) is 1. The van der Waals surface area contributed by atoms with E-state index in [1.807, 2.05) is 0 Å². The molecule has 0 aliphatic heterocycles. The third kappa shape index (κ3) is 3.27. The summed E-state index contributed by atoms with van der Waals surface area (Å²) in [5, 5.41) is 14.8. The van der Waals surface area contributed by atoms with E-state index in [0.717, 1.165) is 6.07 Å². The summed E-state index contributed by atoms with van der Waals surface area (Å²) in [4.78, 5) is 12.0. The minimum Gasteiger partial charge on any atom is -0.384 e. The van der Waals surface area contributed by atoms with Crippen molar-refractivity contribution in [2.75, 3.05) is 11.9 Å². The Hall–Kier alpha value is -2.65. The molecule has 0 saturated carbocycles. The zero-order valence-corrected chi connectivity index (χ0v) is 11.5. The maximum absolute atomic E-state index is 13.8. The van der Waals surface area contributed by atoms with Crippen molar-refractivity contribution in [1.82, 2.24) is 5.16 Å². The average molecular weight is 288 g/mol. The van der Waals surface area contributed by atoms with E-state index in [1.165, 1.54) is 12.1 Å². The zero-order chi connectivity index (χ0) is 15.4. The van der Waals surface area contributed by atoms with Crippen LogP contribution in [0.4, 0.5) is 10.3 Å². The van der Waals surface area contributed by atoms with Gasteiger partial charge in [-0.1, -0.05) is 17.0 Å². The summed E-state index contributed by atoms with van der Waals surface area (Å²) in [6, 6.07) is 3.90. The number of anilines is 1. The molecule has 1 aromatic carbocycles. The minimum atomic E-state index is -0.630. The number of carbonyl (C=O) groups excluding carboxylic acids is 1. The molecule has 6 heteroatoms. The minimum absolute atomic E-state index is 0.118. The molecule has 0 radical (unpaired) electrons. The van der Waals surface area contributed by atoms with Crippen molar-refractivity contribution in [1.29, 1.82) is 0 Å². The van der Waals surface area contributed by atoms with Crippen LogP contribution in [0.2, 0.25) is 0 Å². The molecule has 0 aliphatic rings. The van der Waals surface area contributed by atoms with E-state index in [-0.39, 0.29) is 23.6 Å². The summed E-state index contributed by atoms with van der Waals surface area (Å²) < 4.78 is 18.7. The van der Waals surface area contributed by atoms with Crippen LogP contribution in [-0.4, -0.2) is 22.8 Å². The fourth-order valence-electron chi connectivity index (χ4n) is 1.60. The van der Waals surface area contributed by atoms with Crippen LogP contribution >= 0.6 is 0 Å². The number of hydrogen-bond acceptors (Lipinski definition) is 4. The first-order chi connectivity index (χ1) is 10.0. The molecule has 0 atom stereocenters. The summed E-state index contributed by atoms with van der Waals surface area (Å²) in [5.41, 5.74) is 1.64. The van der Waals surface area contributed by atoms with Gasteiger partial charge in [0.05, 0.1) is 11.3 Å². The molecule has 0 spiro atoms.